The van der Waals surface area contributed by atoms with E-state index in [1.807, 2.05) is 30.3 Å². The smallest absolute Gasteiger partial charge is 0.338 e. The molecule has 1 atom stereocenters. The second kappa shape index (κ2) is 8.04. The first-order chi connectivity index (χ1) is 13.4. The van der Waals surface area contributed by atoms with Gasteiger partial charge in [-0.05, 0) is 37.6 Å². The zero-order chi connectivity index (χ0) is 20.3. The topological polar surface area (TPSA) is 92.8 Å². The summed E-state index contributed by atoms with van der Waals surface area (Å²) in [4.78, 5) is 50.4. The van der Waals surface area contributed by atoms with Gasteiger partial charge in [0.2, 0.25) is 0 Å². The Morgan fingerprint density at radius 1 is 1.04 bits per heavy atom. The third-order valence-electron chi connectivity index (χ3n) is 4.39. The van der Waals surface area contributed by atoms with E-state index in [0.717, 1.165) is 10.5 Å². The Hall–Kier alpha value is -3.48. The fourth-order valence-electron chi connectivity index (χ4n) is 2.93. The monoisotopic (exact) mass is 380 g/mol. The minimum atomic E-state index is -0.965. The Morgan fingerprint density at radius 2 is 1.71 bits per heavy atom. The molecule has 0 spiro atoms. The first kappa shape index (κ1) is 19.3. The molecule has 2 aromatic rings. The van der Waals surface area contributed by atoms with E-state index in [-0.39, 0.29) is 23.2 Å². The maximum Gasteiger partial charge on any atom is 0.338 e. The van der Waals surface area contributed by atoms with Gasteiger partial charge in [-0.25, -0.2) is 4.79 Å². The summed E-state index contributed by atoms with van der Waals surface area (Å²) in [5.41, 5.74) is 1.33. The predicted octanol–water partition coefficient (Wildman–Crippen LogP) is 2.16. The molecule has 1 N–H and O–H groups in total. The molecule has 1 heterocycles. The van der Waals surface area contributed by atoms with Gasteiger partial charge >= 0.3 is 5.97 Å². The van der Waals surface area contributed by atoms with Crippen molar-refractivity contribution >= 4 is 23.7 Å². The van der Waals surface area contributed by atoms with Crippen molar-refractivity contribution in [3.63, 3.8) is 0 Å². The highest BCUT2D eigenvalue weighted by Crippen LogP contribution is 2.26. The first-order valence-electron chi connectivity index (χ1n) is 8.95. The van der Waals surface area contributed by atoms with Crippen LogP contribution >= 0.6 is 0 Å². The van der Waals surface area contributed by atoms with E-state index in [4.69, 9.17) is 4.74 Å². The van der Waals surface area contributed by atoms with Crippen LogP contribution in [0.3, 0.4) is 0 Å². The van der Waals surface area contributed by atoms with Crippen molar-refractivity contribution < 1.29 is 23.9 Å². The van der Waals surface area contributed by atoms with Gasteiger partial charge in [0.05, 0.1) is 23.2 Å². The summed E-state index contributed by atoms with van der Waals surface area (Å²) in [7, 11) is 0. The van der Waals surface area contributed by atoms with E-state index in [9.17, 15) is 19.2 Å². The van der Waals surface area contributed by atoms with Crippen LogP contribution in [0.1, 0.15) is 50.5 Å². The molecule has 3 rings (SSSR count). The number of fused-ring (bicyclic) bond motifs is 1. The second-order valence-electron chi connectivity index (χ2n) is 6.38. The highest BCUT2D eigenvalue weighted by molar-refractivity contribution is 6.21. The van der Waals surface area contributed by atoms with Crippen LogP contribution in [0.2, 0.25) is 0 Å². The van der Waals surface area contributed by atoms with E-state index < -0.39 is 29.8 Å². The van der Waals surface area contributed by atoms with Crippen molar-refractivity contribution in [3.8, 4) is 0 Å². The number of carbonyl (C=O) groups is 4. The van der Waals surface area contributed by atoms with Gasteiger partial charge in [-0.15, -0.1) is 0 Å². The largest absolute Gasteiger partial charge is 0.449 e. The molecule has 0 fully saturated rings. The maximum absolute atomic E-state index is 12.7. The molecular formula is C21H20N2O5. The zero-order valence-electron chi connectivity index (χ0n) is 15.6. The molecule has 0 unspecified atom stereocenters. The Balaban J connectivity index is 1.77. The van der Waals surface area contributed by atoms with E-state index in [0.29, 0.717) is 6.54 Å². The molecule has 3 amide bonds. The quantitative estimate of drug-likeness (QED) is 0.612. The van der Waals surface area contributed by atoms with Crippen molar-refractivity contribution in [1.29, 1.82) is 0 Å². The van der Waals surface area contributed by atoms with Crippen LogP contribution in [0.15, 0.2) is 48.5 Å². The Morgan fingerprint density at radius 3 is 2.39 bits per heavy atom. The molecule has 0 bridgehead atoms. The number of rotatable bonds is 6. The number of likely N-dealkylation sites (N-methyl/N-ethyl adjacent to an activating group) is 1. The first-order valence-corrected chi connectivity index (χ1v) is 8.95. The summed E-state index contributed by atoms with van der Waals surface area (Å²) in [6, 6.07) is 13.4. The number of amides is 3. The molecule has 0 saturated carbocycles. The lowest BCUT2D eigenvalue weighted by Gasteiger charge is -2.13. The minimum absolute atomic E-state index is 0.109. The van der Waals surface area contributed by atoms with Crippen LogP contribution in [0.5, 0.6) is 0 Å². The van der Waals surface area contributed by atoms with Gasteiger partial charge < -0.3 is 10.1 Å². The number of hydrogen-bond acceptors (Lipinski definition) is 5. The van der Waals surface area contributed by atoms with Crippen LogP contribution < -0.4 is 5.32 Å². The van der Waals surface area contributed by atoms with Gasteiger partial charge in [-0.3, -0.25) is 19.3 Å². The Kier molecular flexibility index (Phi) is 5.54. The van der Waals surface area contributed by atoms with Crippen molar-refractivity contribution in [2.75, 3.05) is 6.54 Å². The second-order valence-corrected chi connectivity index (χ2v) is 6.38. The SMILES string of the molecule is CCNC(=O)[C@H](C)OC(=O)c1ccc2c(c1)C(=O)N(Cc1ccccc1)C2=O. The van der Waals surface area contributed by atoms with E-state index in [1.165, 1.54) is 25.1 Å². The molecule has 0 saturated heterocycles. The average molecular weight is 380 g/mol. The predicted molar refractivity (Wildman–Crippen MR) is 101 cm³/mol. The number of nitrogens with zero attached hydrogens (tertiary/aromatic N) is 1. The zero-order valence-corrected chi connectivity index (χ0v) is 15.6. The van der Waals surface area contributed by atoms with Gasteiger partial charge in [0, 0.05) is 6.54 Å². The van der Waals surface area contributed by atoms with Gasteiger partial charge in [-0.1, -0.05) is 30.3 Å². The summed E-state index contributed by atoms with van der Waals surface area (Å²) in [6.07, 6.45) is -0.965. The van der Waals surface area contributed by atoms with E-state index in [2.05, 4.69) is 5.32 Å². The molecule has 1 aliphatic heterocycles. The summed E-state index contributed by atoms with van der Waals surface area (Å²) in [5, 5.41) is 2.56. The summed E-state index contributed by atoms with van der Waals surface area (Å²) < 4.78 is 5.13. The van der Waals surface area contributed by atoms with Gasteiger partial charge in [0.15, 0.2) is 6.10 Å². The van der Waals surface area contributed by atoms with Crippen LogP contribution in [0.25, 0.3) is 0 Å². The number of imide groups is 1. The van der Waals surface area contributed by atoms with E-state index >= 15 is 0 Å². The van der Waals surface area contributed by atoms with E-state index in [1.54, 1.807) is 6.92 Å². The van der Waals surface area contributed by atoms with Crippen LogP contribution in [-0.4, -0.2) is 41.2 Å². The third kappa shape index (κ3) is 3.78. The average Bonchev–Trinajstić information content (AvgIpc) is 2.93. The number of esters is 1. The fraction of sp³-hybridized carbons (Fsp3) is 0.238. The third-order valence-corrected chi connectivity index (χ3v) is 4.39. The molecule has 1 aliphatic rings. The van der Waals surface area contributed by atoms with Gasteiger partial charge in [0.1, 0.15) is 0 Å². The molecule has 28 heavy (non-hydrogen) atoms. The lowest BCUT2D eigenvalue weighted by atomic mass is 10.1. The van der Waals surface area contributed by atoms with Gasteiger partial charge in [-0.2, -0.15) is 0 Å². The number of nitrogens with one attached hydrogen (secondary N) is 1. The van der Waals surface area contributed by atoms with Crippen molar-refractivity contribution in [3.05, 3.63) is 70.8 Å². The molecule has 7 nitrogen and oxygen atoms in total. The minimum Gasteiger partial charge on any atom is -0.449 e. The van der Waals surface area contributed by atoms with Crippen molar-refractivity contribution in [2.45, 2.75) is 26.5 Å². The summed E-state index contributed by atoms with van der Waals surface area (Å²) in [5.74, 6) is -2.00. The number of benzene rings is 2. The highest BCUT2D eigenvalue weighted by atomic mass is 16.5. The molecule has 2 aromatic carbocycles. The highest BCUT2D eigenvalue weighted by Gasteiger charge is 2.36. The van der Waals surface area contributed by atoms with Crippen molar-refractivity contribution in [2.24, 2.45) is 0 Å². The summed E-state index contributed by atoms with van der Waals surface area (Å²) in [6.45, 7) is 3.80. The standard InChI is InChI=1S/C21H20N2O5/c1-3-22-18(24)13(2)28-21(27)15-9-10-16-17(11-15)20(26)23(19(16)25)12-14-7-5-4-6-8-14/h4-11,13H,3,12H2,1-2H3,(H,22,24)/t13-/m0/s1. The Labute approximate surface area is 162 Å². The molecule has 144 valence electrons. The summed E-state index contributed by atoms with van der Waals surface area (Å²) >= 11 is 0. The normalized spacial score (nSPS) is 13.9. The molecular weight excluding hydrogens is 360 g/mol. The fourth-order valence-corrected chi connectivity index (χ4v) is 2.93. The lowest BCUT2D eigenvalue weighted by molar-refractivity contribution is -0.128. The lowest BCUT2D eigenvalue weighted by Crippen LogP contribution is -2.35. The number of ether oxygens (including phenoxy) is 1. The number of hydrogen-bond donors (Lipinski definition) is 1. The van der Waals surface area contributed by atoms with Crippen LogP contribution in [0.4, 0.5) is 0 Å². The molecule has 0 radical (unpaired) electrons. The molecule has 7 heteroatoms. The molecule has 0 aromatic heterocycles. The van der Waals surface area contributed by atoms with Crippen molar-refractivity contribution in [1.82, 2.24) is 10.2 Å². The molecule has 0 aliphatic carbocycles. The van der Waals surface area contributed by atoms with Gasteiger partial charge in [0.25, 0.3) is 17.7 Å². The number of carbonyl (C=O) groups excluding carboxylic acids is 4. The maximum atomic E-state index is 12.7. The Bertz CT molecular complexity index is 939. The van der Waals surface area contributed by atoms with Crippen LogP contribution in [-0.2, 0) is 16.1 Å². The van der Waals surface area contributed by atoms with Crippen LogP contribution in [0, 0.1) is 0 Å².